The van der Waals surface area contributed by atoms with E-state index >= 15 is 0 Å². The monoisotopic (exact) mass is 360 g/mol. The summed E-state index contributed by atoms with van der Waals surface area (Å²) in [4.78, 5) is 0. The van der Waals surface area contributed by atoms with Crippen LogP contribution in [0.5, 0.6) is 0 Å². The second-order valence-electron chi connectivity index (χ2n) is 6.29. The Balaban J connectivity index is 0.000000211. The first-order chi connectivity index (χ1) is 10.3. The van der Waals surface area contributed by atoms with Gasteiger partial charge in [0.05, 0.1) is 11.2 Å². The van der Waals surface area contributed by atoms with Gasteiger partial charge in [0.2, 0.25) is 0 Å². The minimum atomic E-state index is -0.256. The Morgan fingerprint density at radius 1 is 0.727 bits per heavy atom. The fraction of sp³-hybridized carbons (Fsp3) is 0.333. The largest absolute Gasteiger partial charge is 0.494 e. The summed E-state index contributed by atoms with van der Waals surface area (Å²) in [6.45, 7) is 8.26. The van der Waals surface area contributed by atoms with E-state index in [9.17, 15) is 0 Å². The molecule has 1 aliphatic rings. The van der Waals surface area contributed by atoms with Gasteiger partial charge in [0.1, 0.15) is 0 Å². The topological polar surface area (TPSA) is 18.5 Å². The Morgan fingerprint density at radius 3 is 1.50 bits per heavy atom. The van der Waals surface area contributed by atoms with E-state index in [1.54, 1.807) is 0 Å². The van der Waals surface area contributed by atoms with Gasteiger partial charge in [0.25, 0.3) is 0 Å². The smallest absolute Gasteiger partial charge is 0.399 e. The van der Waals surface area contributed by atoms with Gasteiger partial charge in [0.15, 0.2) is 0 Å². The molecule has 22 heavy (non-hydrogen) atoms. The van der Waals surface area contributed by atoms with Crippen molar-refractivity contribution in [2.45, 2.75) is 38.9 Å². The molecule has 0 radical (unpaired) electrons. The molecule has 1 aliphatic heterocycles. The fourth-order valence-corrected chi connectivity index (χ4v) is 2.31. The van der Waals surface area contributed by atoms with E-state index in [1.165, 1.54) is 0 Å². The fourth-order valence-electron chi connectivity index (χ4n) is 2.00. The minimum Gasteiger partial charge on any atom is -0.399 e. The Morgan fingerprint density at radius 2 is 1.14 bits per heavy atom. The van der Waals surface area contributed by atoms with Crippen molar-refractivity contribution >= 4 is 28.5 Å². The first-order valence-corrected chi connectivity index (χ1v) is 8.22. The first-order valence-electron chi connectivity index (χ1n) is 7.43. The van der Waals surface area contributed by atoms with Gasteiger partial charge in [-0.25, -0.2) is 0 Å². The van der Waals surface area contributed by atoms with Gasteiger partial charge in [0, 0.05) is 4.47 Å². The maximum Gasteiger partial charge on any atom is 0.494 e. The second-order valence-corrected chi connectivity index (χ2v) is 7.21. The van der Waals surface area contributed by atoms with Gasteiger partial charge in [-0.2, -0.15) is 0 Å². The van der Waals surface area contributed by atoms with Crippen molar-refractivity contribution in [1.82, 2.24) is 0 Å². The van der Waals surface area contributed by atoms with Crippen LogP contribution in [-0.2, 0) is 9.31 Å². The molecule has 0 saturated carbocycles. The normalized spacial score (nSPS) is 18.5. The van der Waals surface area contributed by atoms with Gasteiger partial charge in [-0.1, -0.05) is 64.5 Å². The van der Waals surface area contributed by atoms with Crippen molar-refractivity contribution < 1.29 is 9.31 Å². The quantitative estimate of drug-likeness (QED) is 0.700. The molecule has 2 nitrogen and oxygen atoms in total. The Bertz CT molecular complexity index is 569. The number of hydrogen-bond acceptors (Lipinski definition) is 2. The van der Waals surface area contributed by atoms with Crippen LogP contribution in [0, 0.1) is 0 Å². The van der Waals surface area contributed by atoms with Crippen LogP contribution in [0.1, 0.15) is 27.7 Å². The SMILES string of the molecule is Brc1ccccc1.CC1(C)OB(c2ccccc2)OC1(C)C. The molecular weight excluding hydrogens is 339 g/mol. The summed E-state index contributed by atoms with van der Waals surface area (Å²) in [6.07, 6.45) is 0. The Labute approximate surface area is 142 Å². The molecule has 1 saturated heterocycles. The van der Waals surface area contributed by atoms with Crippen molar-refractivity contribution in [3.05, 3.63) is 65.1 Å². The van der Waals surface area contributed by atoms with Gasteiger partial charge < -0.3 is 9.31 Å². The summed E-state index contributed by atoms with van der Waals surface area (Å²) in [7, 11) is -0.240. The predicted octanol–water partition coefficient (Wildman–Crippen LogP) is 4.43. The van der Waals surface area contributed by atoms with Crippen molar-refractivity contribution in [2.24, 2.45) is 0 Å². The summed E-state index contributed by atoms with van der Waals surface area (Å²) in [6, 6.07) is 20.0. The molecule has 0 N–H and O–H groups in total. The molecular formula is C18H22BBrO2. The molecule has 0 atom stereocenters. The van der Waals surface area contributed by atoms with Gasteiger partial charge in [-0.15, -0.1) is 0 Å². The summed E-state index contributed by atoms with van der Waals surface area (Å²) < 4.78 is 13.0. The highest BCUT2D eigenvalue weighted by Gasteiger charge is 2.51. The predicted molar refractivity (Wildman–Crippen MR) is 96.3 cm³/mol. The summed E-state index contributed by atoms with van der Waals surface area (Å²) >= 11 is 3.31. The molecule has 0 aromatic heterocycles. The van der Waals surface area contributed by atoms with E-state index in [4.69, 9.17) is 9.31 Å². The molecule has 0 amide bonds. The van der Waals surface area contributed by atoms with Crippen LogP contribution in [0.25, 0.3) is 0 Å². The lowest BCUT2D eigenvalue weighted by atomic mass is 9.79. The highest BCUT2D eigenvalue weighted by atomic mass is 79.9. The first kappa shape index (κ1) is 17.3. The molecule has 0 spiro atoms. The van der Waals surface area contributed by atoms with Crippen LogP contribution in [0.4, 0.5) is 0 Å². The average Bonchev–Trinajstić information content (AvgIpc) is 2.70. The highest BCUT2D eigenvalue weighted by Crippen LogP contribution is 2.36. The Hall–Kier alpha value is -1.10. The zero-order valence-corrected chi connectivity index (χ0v) is 15.1. The van der Waals surface area contributed by atoms with Crippen molar-refractivity contribution in [3.63, 3.8) is 0 Å². The third-order valence-electron chi connectivity index (χ3n) is 4.06. The van der Waals surface area contributed by atoms with E-state index in [1.807, 2.05) is 60.7 Å². The van der Waals surface area contributed by atoms with Crippen LogP contribution in [0.3, 0.4) is 0 Å². The van der Waals surface area contributed by atoms with Crippen LogP contribution < -0.4 is 5.46 Å². The molecule has 1 fully saturated rings. The molecule has 4 heteroatoms. The molecule has 0 bridgehead atoms. The van der Waals surface area contributed by atoms with Crippen molar-refractivity contribution in [2.75, 3.05) is 0 Å². The highest BCUT2D eigenvalue weighted by molar-refractivity contribution is 9.10. The molecule has 2 aromatic carbocycles. The molecule has 2 aromatic rings. The lowest BCUT2D eigenvalue weighted by Gasteiger charge is -2.32. The van der Waals surface area contributed by atoms with Crippen molar-refractivity contribution in [1.29, 1.82) is 0 Å². The van der Waals surface area contributed by atoms with Crippen LogP contribution in [0.15, 0.2) is 65.1 Å². The number of hydrogen-bond donors (Lipinski definition) is 0. The zero-order valence-electron chi connectivity index (χ0n) is 13.5. The number of rotatable bonds is 1. The van der Waals surface area contributed by atoms with Crippen LogP contribution >= 0.6 is 15.9 Å². The number of halogens is 1. The minimum absolute atomic E-state index is 0.240. The maximum absolute atomic E-state index is 5.93. The Kier molecular flexibility index (Phi) is 5.48. The summed E-state index contributed by atoms with van der Waals surface area (Å²) in [5.41, 5.74) is 0.567. The van der Waals surface area contributed by atoms with Crippen molar-refractivity contribution in [3.8, 4) is 0 Å². The molecule has 3 rings (SSSR count). The van der Waals surface area contributed by atoms with E-state index in [-0.39, 0.29) is 18.3 Å². The van der Waals surface area contributed by atoms with Crippen LogP contribution in [0.2, 0.25) is 0 Å². The number of benzene rings is 2. The van der Waals surface area contributed by atoms with Gasteiger partial charge >= 0.3 is 7.12 Å². The van der Waals surface area contributed by atoms with Crippen LogP contribution in [-0.4, -0.2) is 18.3 Å². The second kappa shape index (κ2) is 6.99. The van der Waals surface area contributed by atoms with Gasteiger partial charge in [-0.05, 0) is 45.3 Å². The maximum atomic E-state index is 5.93. The molecule has 0 aliphatic carbocycles. The third kappa shape index (κ3) is 4.22. The molecule has 1 heterocycles. The molecule has 116 valence electrons. The zero-order chi connectivity index (χ0) is 16.2. The summed E-state index contributed by atoms with van der Waals surface area (Å²) in [5.74, 6) is 0. The lowest BCUT2D eigenvalue weighted by Crippen LogP contribution is -2.41. The van der Waals surface area contributed by atoms with Gasteiger partial charge in [-0.3, -0.25) is 0 Å². The van der Waals surface area contributed by atoms with E-state index in [2.05, 4.69) is 43.6 Å². The van der Waals surface area contributed by atoms with E-state index in [0.717, 1.165) is 9.94 Å². The standard InChI is InChI=1S/C12H17BO2.C6H5Br/c1-11(2)12(3,4)15-13(14-11)10-8-6-5-7-9-10;7-6-4-2-1-3-5-6/h5-9H,1-4H3;1-5H. The lowest BCUT2D eigenvalue weighted by molar-refractivity contribution is 0.00578. The average molecular weight is 361 g/mol. The van der Waals surface area contributed by atoms with E-state index < -0.39 is 0 Å². The summed E-state index contributed by atoms with van der Waals surface area (Å²) in [5, 5.41) is 0. The molecule has 0 unspecified atom stereocenters. The third-order valence-corrected chi connectivity index (χ3v) is 4.59. The van der Waals surface area contributed by atoms with E-state index in [0.29, 0.717) is 0 Å².